The van der Waals surface area contributed by atoms with E-state index < -0.39 is 0 Å². The van der Waals surface area contributed by atoms with Gasteiger partial charge in [0, 0.05) is 6.04 Å². The number of para-hydroxylation sites is 1. The Morgan fingerprint density at radius 3 is 2.94 bits per heavy atom. The first-order chi connectivity index (χ1) is 8.35. The summed E-state index contributed by atoms with van der Waals surface area (Å²) in [5, 5.41) is 3.57. The molecular weight excluding hydrogens is 210 g/mol. The Morgan fingerprint density at radius 2 is 2.18 bits per heavy atom. The van der Waals surface area contributed by atoms with Gasteiger partial charge < -0.3 is 10.1 Å². The molecule has 0 saturated carbocycles. The van der Waals surface area contributed by atoms with Gasteiger partial charge in [0.05, 0.1) is 6.61 Å². The quantitative estimate of drug-likeness (QED) is 0.842. The molecule has 94 valence electrons. The Bertz CT molecular complexity index is 351. The maximum absolute atomic E-state index is 5.71. The van der Waals surface area contributed by atoms with Crippen LogP contribution in [-0.2, 0) is 0 Å². The highest BCUT2D eigenvalue weighted by atomic mass is 16.5. The van der Waals surface area contributed by atoms with E-state index in [4.69, 9.17) is 4.74 Å². The first-order valence-corrected chi connectivity index (χ1v) is 6.80. The molecule has 0 fully saturated rings. The molecule has 2 atom stereocenters. The van der Waals surface area contributed by atoms with Gasteiger partial charge >= 0.3 is 0 Å². The zero-order valence-corrected chi connectivity index (χ0v) is 10.9. The molecule has 1 aliphatic rings. The van der Waals surface area contributed by atoms with Crippen LogP contribution in [0.1, 0.15) is 44.6 Å². The van der Waals surface area contributed by atoms with Crippen LogP contribution in [0.3, 0.4) is 0 Å². The van der Waals surface area contributed by atoms with Gasteiger partial charge in [0.1, 0.15) is 5.75 Å². The largest absolute Gasteiger partial charge is 0.493 e. The van der Waals surface area contributed by atoms with Crippen molar-refractivity contribution in [3.63, 3.8) is 0 Å². The second-order valence-electron chi connectivity index (χ2n) is 4.77. The molecule has 1 aliphatic heterocycles. The van der Waals surface area contributed by atoms with Crippen molar-refractivity contribution in [3.8, 4) is 5.75 Å². The molecule has 1 aromatic carbocycles. The van der Waals surface area contributed by atoms with Crippen LogP contribution in [0, 0.1) is 0 Å². The van der Waals surface area contributed by atoms with Gasteiger partial charge in [0.25, 0.3) is 0 Å². The molecule has 0 spiro atoms. The number of hydrogen-bond donors (Lipinski definition) is 1. The predicted molar refractivity (Wildman–Crippen MR) is 71.7 cm³/mol. The van der Waals surface area contributed by atoms with Crippen molar-refractivity contribution in [3.05, 3.63) is 29.8 Å². The Balaban J connectivity index is 2.07. The number of fused-ring (bicyclic) bond motifs is 1. The van der Waals surface area contributed by atoms with Gasteiger partial charge in [-0.1, -0.05) is 32.0 Å². The van der Waals surface area contributed by atoms with Crippen LogP contribution in [0.2, 0.25) is 0 Å². The molecule has 0 aliphatic carbocycles. The van der Waals surface area contributed by atoms with E-state index in [-0.39, 0.29) is 0 Å². The van der Waals surface area contributed by atoms with Gasteiger partial charge in [0.15, 0.2) is 0 Å². The second-order valence-corrected chi connectivity index (χ2v) is 4.77. The topological polar surface area (TPSA) is 21.3 Å². The average molecular weight is 233 g/mol. The van der Waals surface area contributed by atoms with Crippen LogP contribution in [0.25, 0.3) is 0 Å². The number of hydrogen-bond acceptors (Lipinski definition) is 2. The van der Waals surface area contributed by atoms with E-state index >= 15 is 0 Å². The lowest BCUT2D eigenvalue weighted by Crippen LogP contribution is -2.31. The summed E-state index contributed by atoms with van der Waals surface area (Å²) in [7, 11) is 0. The molecule has 0 bridgehead atoms. The summed E-state index contributed by atoms with van der Waals surface area (Å²) in [6.45, 7) is 6.37. The van der Waals surface area contributed by atoms with Gasteiger partial charge in [-0.3, -0.25) is 0 Å². The highest BCUT2D eigenvalue weighted by Crippen LogP contribution is 2.36. The number of ether oxygens (including phenoxy) is 1. The maximum Gasteiger partial charge on any atom is 0.122 e. The third-order valence-corrected chi connectivity index (χ3v) is 3.64. The zero-order chi connectivity index (χ0) is 12.1. The standard InChI is InChI=1S/C15H23NO/c1-3-13(16-4-2)11-12-9-10-17-15-8-6-5-7-14(12)15/h5-8,12-13,16H,3-4,9-11H2,1-2H3. The Labute approximate surface area is 104 Å². The summed E-state index contributed by atoms with van der Waals surface area (Å²) in [6.07, 6.45) is 3.58. The summed E-state index contributed by atoms with van der Waals surface area (Å²) >= 11 is 0. The monoisotopic (exact) mass is 233 g/mol. The molecular formula is C15H23NO. The van der Waals surface area contributed by atoms with Gasteiger partial charge in [0.2, 0.25) is 0 Å². The fourth-order valence-corrected chi connectivity index (χ4v) is 2.69. The molecule has 2 rings (SSSR count). The summed E-state index contributed by atoms with van der Waals surface area (Å²) in [5.74, 6) is 1.75. The number of benzene rings is 1. The maximum atomic E-state index is 5.71. The van der Waals surface area contributed by atoms with Crippen LogP contribution in [0.5, 0.6) is 5.75 Å². The summed E-state index contributed by atoms with van der Waals surface area (Å²) in [6, 6.07) is 9.13. The highest BCUT2D eigenvalue weighted by molar-refractivity contribution is 5.37. The van der Waals surface area contributed by atoms with Crippen molar-refractivity contribution < 1.29 is 4.74 Å². The molecule has 0 aromatic heterocycles. The SMILES string of the molecule is CCNC(CC)CC1CCOc2ccccc21. The smallest absolute Gasteiger partial charge is 0.122 e. The van der Waals surface area contributed by atoms with E-state index in [1.54, 1.807) is 0 Å². The Morgan fingerprint density at radius 1 is 1.35 bits per heavy atom. The molecule has 0 amide bonds. The van der Waals surface area contributed by atoms with Crippen molar-refractivity contribution in [2.75, 3.05) is 13.2 Å². The van der Waals surface area contributed by atoms with Crippen molar-refractivity contribution in [1.82, 2.24) is 5.32 Å². The third kappa shape index (κ3) is 3.01. The van der Waals surface area contributed by atoms with Crippen LogP contribution in [0.4, 0.5) is 0 Å². The van der Waals surface area contributed by atoms with E-state index in [0.717, 1.165) is 25.3 Å². The van der Waals surface area contributed by atoms with Gasteiger partial charge in [-0.15, -0.1) is 0 Å². The summed E-state index contributed by atoms with van der Waals surface area (Å²) in [5.41, 5.74) is 1.40. The van der Waals surface area contributed by atoms with E-state index in [2.05, 4.69) is 43.4 Å². The van der Waals surface area contributed by atoms with E-state index in [9.17, 15) is 0 Å². The van der Waals surface area contributed by atoms with Gasteiger partial charge in [-0.25, -0.2) is 0 Å². The summed E-state index contributed by atoms with van der Waals surface area (Å²) < 4.78 is 5.71. The Hall–Kier alpha value is -1.02. The fraction of sp³-hybridized carbons (Fsp3) is 0.600. The third-order valence-electron chi connectivity index (χ3n) is 3.64. The molecule has 17 heavy (non-hydrogen) atoms. The van der Waals surface area contributed by atoms with Gasteiger partial charge in [-0.05, 0) is 43.4 Å². The van der Waals surface area contributed by atoms with Crippen LogP contribution < -0.4 is 10.1 Å². The lowest BCUT2D eigenvalue weighted by molar-refractivity contribution is 0.254. The molecule has 1 N–H and O–H groups in total. The molecule has 0 saturated heterocycles. The van der Waals surface area contributed by atoms with Crippen molar-refractivity contribution in [2.24, 2.45) is 0 Å². The van der Waals surface area contributed by atoms with Crippen molar-refractivity contribution in [2.45, 2.75) is 45.1 Å². The lowest BCUT2D eigenvalue weighted by atomic mass is 9.87. The minimum atomic E-state index is 0.635. The average Bonchev–Trinajstić information content (AvgIpc) is 2.38. The van der Waals surface area contributed by atoms with Crippen molar-refractivity contribution >= 4 is 0 Å². The fourth-order valence-electron chi connectivity index (χ4n) is 2.69. The molecule has 1 heterocycles. The van der Waals surface area contributed by atoms with Crippen molar-refractivity contribution in [1.29, 1.82) is 0 Å². The zero-order valence-electron chi connectivity index (χ0n) is 10.9. The van der Waals surface area contributed by atoms with E-state index in [0.29, 0.717) is 12.0 Å². The van der Waals surface area contributed by atoms with Crippen LogP contribution in [0.15, 0.2) is 24.3 Å². The Kier molecular flexibility index (Phi) is 4.43. The molecule has 2 unspecified atom stereocenters. The van der Waals surface area contributed by atoms with Crippen LogP contribution in [-0.4, -0.2) is 19.2 Å². The molecule has 1 aromatic rings. The highest BCUT2D eigenvalue weighted by Gasteiger charge is 2.23. The molecule has 0 radical (unpaired) electrons. The number of rotatable bonds is 5. The lowest BCUT2D eigenvalue weighted by Gasteiger charge is -2.29. The van der Waals surface area contributed by atoms with Gasteiger partial charge in [-0.2, -0.15) is 0 Å². The summed E-state index contributed by atoms with van der Waals surface area (Å²) in [4.78, 5) is 0. The molecule has 2 nitrogen and oxygen atoms in total. The minimum absolute atomic E-state index is 0.635. The first kappa shape index (κ1) is 12.4. The predicted octanol–water partition coefficient (Wildman–Crippen LogP) is 3.33. The van der Waals surface area contributed by atoms with E-state index in [1.165, 1.54) is 18.4 Å². The second kappa shape index (κ2) is 6.06. The number of nitrogens with one attached hydrogen (secondary N) is 1. The van der Waals surface area contributed by atoms with E-state index in [1.807, 2.05) is 0 Å². The minimum Gasteiger partial charge on any atom is -0.493 e. The first-order valence-electron chi connectivity index (χ1n) is 6.80. The molecule has 2 heteroatoms. The van der Waals surface area contributed by atoms with Crippen LogP contribution >= 0.6 is 0 Å². The normalized spacial score (nSPS) is 20.5.